The molecule has 0 aliphatic carbocycles. The van der Waals surface area contributed by atoms with Crippen molar-refractivity contribution in [1.82, 2.24) is 9.21 Å². The monoisotopic (exact) mass is 418 g/mol. The van der Waals surface area contributed by atoms with Crippen molar-refractivity contribution in [3.05, 3.63) is 53.6 Å². The average Bonchev–Trinajstić information content (AvgIpc) is 2.73. The smallest absolute Gasteiger partial charge is 0.335 e. The van der Waals surface area contributed by atoms with Gasteiger partial charge in [0.1, 0.15) is 0 Å². The summed E-state index contributed by atoms with van der Waals surface area (Å²) in [6.07, 6.45) is 0. The zero-order valence-electron chi connectivity index (χ0n) is 16.8. The van der Waals surface area contributed by atoms with Gasteiger partial charge in [-0.15, -0.1) is 0 Å². The Kier molecular flexibility index (Phi) is 6.38. The number of carboxylic acids is 1. The van der Waals surface area contributed by atoms with Crippen molar-refractivity contribution >= 4 is 16.0 Å². The molecule has 29 heavy (non-hydrogen) atoms. The minimum Gasteiger partial charge on any atom is -0.478 e. The molecule has 1 saturated heterocycles. The van der Waals surface area contributed by atoms with Crippen LogP contribution in [0.4, 0.5) is 0 Å². The lowest BCUT2D eigenvalue weighted by Gasteiger charge is -2.26. The summed E-state index contributed by atoms with van der Waals surface area (Å²) >= 11 is 0. The van der Waals surface area contributed by atoms with Gasteiger partial charge in [-0.2, -0.15) is 4.31 Å². The molecule has 1 atom stereocenters. The molecule has 8 heteroatoms. The summed E-state index contributed by atoms with van der Waals surface area (Å²) in [6, 6.07) is 12.2. The van der Waals surface area contributed by atoms with Gasteiger partial charge in [0.25, 0.3) is 0 Å². The predicted octanol–water partition coefficient (Wildman–Crippen LogP) is 2.70. The number of carbonyl (C=O) groups is 1. The minimum absolute atomic E-state index is 0.0136. The zero-order valence-corrected chi connectivity index (χ0v) is 17.6. The minimum atomic E-state index is -3.81. The van der Waals surface area contributed by atoms with Gasteiger partial charge in [0.05, 0.1) is 23.7 Å². The summed E-state index contributed by atoms with van der Waals surface area (Å²) in [4.78, 5) is 13.7. The largest absolute Gasteiger partial charge is 0.478 e. The third-order valence-electron chi connectivity index (χ3n) is 5.24. The fraction of sp³-hybridized carbons (Fsp3) is 0.381. The molecule has 0 spiro atoms. The lowest BCUT2D eigenvalue weighted by Crippen LogP contribution is -2.40. The van der Waals surface area contributed by atoms with Crippen LogP contribution in [0.3, 0.4) is 0 Å². The Labute approximate surface area is 171 Å². The molecule has 0 amide bonds. The first-order valence-electron chi connectivity index (χ1n) is 9.43. The van der Waals surface area contributed by atoms with Gasteiger partial charge in [0.15, 0.2) is 0 Å². The fourth-order valence-corrected chi connectivity index (χ4v) is 4.73. The first-order chi connectivity index (χ1) is 13.7. The average molecular weight is 419 g/mol. The van der Waals surface area contributed by atoms with E-state index in [1.807, 2.05) is 38.4 Å². The molecule has 0 saturated carbocycles. The molecule has 1 aliphatic heterocycles. The van der Waals surface area contributed by atoms with Crippen LogP contribution in [-0.2, 0) is 14.8 Å². The summed E-state index contributed by atoms with van der Waals surface area (Å²) in [5.74, 6) is -1.16. The van der Waals surface area contributed by atoms with E-state index in [1.165, 1.54) is 16.4 Å². The van der Waals surface area contributed by atoms with Crippen molar-refractivity contribution in [2.45, 2.75) is 17.9 Å². The summed E-state index contributed by atoms with van der Waals surface area (Å²) < 4.78 is 32.7. The van der Waals surface area contributed by atoms with Crippen LogP contribution in [0, 0.1) is 0 Å². The Hall–Kier alpha value is -2.26. The molecule has 0 aromatic heterocycles. The number of hydrogen-bond acceptors (Lipinski definition) is 5. The second-order valence-electron chi connectivity index (χ2n) is 7.33. The number of sulfonamides is 1. The van der Waals surface area contributed by atoms with Gasteiger partial charge in [-0.25, -0.2) is 13.2 Å². The van der Waals surface area contributed by atoms with Crippen molar-refractivity contribution in [2.24, 2.45) is 0 Å². The summed E-state index contributed by atoms with van der Waals surface area (Å²) in [5, 5.41) is 9.54. The van der Waals surface area contributed by atoms with Crippen LogP contribution < -0.4 is 0 Å². The number of rotatable bonds is 6. The van der Waals surface area contributed by atoms with Gasteiger partial charge in [0.2, 0.25) is 10.0 Å². The van der Waals surface area contributed by atoms with Crippen LogP contribution in [0.25, 0.3) is 11.1 Å². The van der Waals surface area contributed by atoms with Gasteiger partial charge >= 0.3 is 5.97 Å². The number of morpholine rings is 1. The summed E-state index contributed by atoms with van der Waals surface area (Å²) in [5.41, 5.74) is 2.34. The van der Waals surface area contributed by atoms with E-state index in [1.54, 1.807) is 6.07 Å². The molecule has 2 aromatic rings. The van der Waals surface area contributed by atoms with Crippen molar-refractivity contribution in [3.63, 3.8) is 0 Å². The first-order valence-corrected chi connectivity index (χ1v) is 10.9. The molecule has 1 N–H and O–H groups in total. The van der Waals surface area contributed by atoms with Gasteiger partial charge in [-0.3, -0.25) is 0 Å². The number of aromatic carboxylic acids is 1. The maximum absolute atomic E-state index is 13.1. The number of ether oxygens (including phenoxy) is 1. The summed E-state index contributed by atoms with van der Waals surface area (Å²) in [7, 11) is 0.156. The van der Waals surface area contributed by atoms with E-state index in [9.17, 15) is 18.3 Å². The highest BCUT2D eigenvalue weighted by molar-refractivity contribution is 7.89. The highest BCUT2D eigenvalue weighted by atomic mass is 32.2. The van der Waals surface area contributed by atoms with Gasteiger partial charge < -0.3 is 14.7 Å². The van der Waals surface area contributed by atoms with E-state index >= 15 is 0 Å². The standard InChI is InChI=1S/C21H26N2O5S/c1-15(22(2)3)16-5-4-6-17(11-16)18-12-19(21(24)25)14-20(13-18)29(26,27)23-7-9-28-10-8-23/h4-6,11-15H,7-10H2,1-3H3,(H,24,25)/t15-/m0/s1. The quantitative estimate of drug-likeness (QED) is 0.776. The molecule has 0 radical (unpaired) electrons. The second kappa shape index (κ2) is 8.62. The SMILES string of the molecule is C[C@@H](c1cccc(-c2cc(C(=O)O)cc(S(=O)(=O)N3CCOCC3)c2)c1)N(C)C. The molecule has 2 aromatic carbocycles. The molecule has 0 unspecified atom stereocenters. The number of carboxylic acid groups (broad SMARTS) is 1. The van der Waals surface area contributed by atoms with Crippen molar-refractivity contribution in [3.8, 4) is 11.1 Å². The van der Waals surface area contributed by atoms with Crippen molar-refractivity contribution in [1.29, 1.82) is 0 Å². The van der Waals surface area contributed by atoms with E-state index in [2.05, 4.69) is 11.8 Å². The van der Waals surface area contributed by atoms with E-state index in [0.29, 0.717) is 18.8 Å². The van der Waals surface area contributed by atoms with Crippen LogP contribution in [0.5, 0.6) is 0 Å². The highest BCUT2D eigenvalue weighted by Crippen LogP contribution is 2.29. The van der Waals surface area contributed by atoms with E-state index in [4.69, 9.17) is 4.74 Å². The van der Waals surface area contributed by atoms with Crippen molar-refractivity contribution < 1.29 is 23.1 Å². The molecular formula is C21H26N2O5S. The van der Waals surface area contributed by atoms with Gasteiger partial charge in [-0.05, 0) is 62.0 Å². The zero-order chi connectivity index (χ0) is 21.2. The van der Waals surface area contributed by atoms with Gasteiger partial charge in [0, 0.05) is 19.1 Å². The van der Waals surface area contributed by atoms with Crippen LogP contribution >= 0.6 is 0 Å². The Morgan fingerprint density at radius 3 is 2.41 bits per heavy atom. The normalized spacial score (nSPS) is 16.7. The molecule has 3 rings (SSSR count). The van der Waals surface area contributed by atoms with Crippen LogP contribution in [-0.4, -0.2) is 69.1 Å². The third-order valence-corrected chi connectivity index (χ3v) is 7.11. The van der Waals surface area contributed by atoms with Crippen molar-refractivity contribution in [2.75, 3.05) is 40.4 Å². The number of hydrogen-bond donors (Lipinski definition) is 1. The Balaban J connectivity index is 2.09. The highest BCUT2D eigenvalue weighted by Gasteiger charge is 2.28. The molecule has 1 aliphatic rings. The van der Waals surface area contributed by atoms with Crippen LogP contribution in [0.2, 0.25) is 0 Å². The third kappa shape index (κ3) is 4.67. The molecule has 7 nitrogen and oxygen atoms in total. The molecule has 1 heterocycles. The second-order valence-corrected chi connectivity index (χ2v) is 9.27. The molecular weight excluding hydrogens is 392 g/mol. The number of benzene rings is 2. The lowest BCUT2D eigenvalue weighted by atomic mass is 9.98. The fourth-order valence-electron chi connectivity index (χ4n) is 3.25. The van der Waals surface area contributed by atoms with Crippen LogP contribution in [0.1, 0.15) is 28.9 Å². The van der Waals surface area contributed by atoms with E-state index < -0.39 is 16.0 Å². The first kappa shape index (κ1) is 21.4. The van der Waals surface area contributed by atoms with E-state index in [0.717, 1.165) is 11.1 Å². The van der Waals surface area contributed by atoms with E-state index in [-0.39, 0.29) is 29.6 Å². The maximum atomic E-state index is 13.1. The maximum Gasteiger partial charge on any atom is 0.335 e. The molecule has 0 bridgehead atoms. The number of nitrogens with zero attached hydrogens (tertiary/aromatic N) is 2. The van der Waals surface area contributed by atoms with Gasteiger partial charge in [-0.1, -0.05) is 18.2 Å². The summed E-state index contributed by atoms with van der Waals surface area (Å²) in [6.45, 7) is 3.24. The topological polar surface area (TPSA) is 87.1 Å². The predicted molar refractivity (Wildman–Crippen MR) is 111 cm³/mol. The van der Waals surface area contributed by atoms with Crippen LogP contribution in [0.15, 0.2) is 47.4 Å². The molecule has 156 valence electrons. The lowest BCUT2D eigenvalue weighted by molar-refractivity contribution is 0.0696. The Bertz CT molecular complexity index is 998. The Morgan fingerprint density at radius 2 is 1.79 bits per heavy atom. The Morgan fingerprint density at radius 1 is 1.10 bits per heavy atom. The molecule has 1 fully saturated rings.